The standard InChI is InChI=1S/C20H24F2N4O/c1-14(15-7-5-4-6-8-15)25-20(24-13-19(27)26(2)3)23-12-16-11-17(21)9-10-18(16)22/h4-11,14H,12-13H2,1-3H3,(H2,23,24,25). The number of aliphatic imine (C=N–C) groups is 1. The summed E-state index contributed by atoms with van der Waals surface area (Å²) >= 11 is 0. The fourth-order valence-electron chi connectivity index (χ4n) is 2.33. The number of amides is 1. The van der Waals surface area contributed by atoms with Crippen LogP contribution >= 0.6 is 0 Å². The van der Waals surface area contributed by atoms with Crippen molar-refractivity contribution >= 4 is 11.9 Å². The van der Waals surface area contributed by atoms with Crippen LogP contribution in [-0.2, 0) is 11.3 Å². The van der Waals surface area contributed by atoms with Gasteiger partial charge in [0.15, 0.2) is 5.96 Å². The second kappa shape index (κ2) is 9.66. The molecule has 0 aromatic heterocycles. The number of likely N-dealkylation sites (N-methyl/N-ethyl adjacent to an activating group) is 1. The van der Waals surface area contributed by atoms with Gasteiger partial charge in [-0.1, -0.05) is 30.3 Å². The molecule has 0 heterocycles. The van der Waals surface area contributed by atoms with E-state index in [0.29, 0.717) is 5.96 Å². The van der Waals surface area contributed by atoms with Crippen molar-refractivity contribution in [3.8, 4) is 0 Å². The van der Waals surface area contributed by atoms with Gasteiger partial charge >= 0.3 is 0 Å². The molecule has 0 fully saturated rings. The van der Waals surface area contributed by atoms with Gasteiger partial charge in [0.25, 0.3) is 0 Å². The maximum Gasteiger partial charge on any atom is 0.241 e. The lowest BCUT2D eigenvalue weighted by molar-refractivity contribution is -0.127. The molecule has 0 aliphatic carbocycles. The van der Waals surface area contributed by atoms with Crippen LogP contribution in [0.2, 0.25) is 0 Å². The average Bonchev–Trinajstić information content (AvgIpc) is 2.66. The van der Waals surface area contributed by atoms with Crippen molar-refractivity contribution < 1.29 is 13.6 Å². The highest BCUT2D eigenvalue weighted by atomic mass is 19.1. The van der Waals surface area contributed by atoms with Gasteiger partial charge in [-0.15, -0.1) is 0 Å². The van der Waals surface area contributed by atoms with E-state index in [-0.39, 0.29) is 30.6 Å². The Morgan fingerprint density at radius 1 is 1.15 bits per heavy atom. The summed E-state index contributed by atoms with van der Waals surface area (Å²) in [6.45, 7) is 1.92. The lowest BCUT2D eigenvalue weighted by Crippen LogP contribution is -2.43. The van der Waals surface area contributed by atoms with Crippen molar-refractivity contribution in [3.63, 3.8) is 0 Å². The fraction of sp³-hybridized carbons (Fsp3) is 0.300. The third-order valence-corrected chi connectivity index (χ3v) is 3.97. The van der Waals surface area contributed by atoms with Crippen LogP contribution < -0.4 is 10.6 Å². The summed E-state index contributed by atoms with van der Waals surface area (Å²) in [4.78, 5) is 17.6. The molecule has 0 radical (unpaired) electrons. The Morgan fingerprint density at radius 2 is 1.85 bits per heavy atom. The minimum atomic E-state index is -0.528. The lowest BCUT2D eigenvalue weighted by Gasteiger charge is -2.19. The molecule has 144 valence electrons. The Hall–Kier alpha value is -2.96. The molecule has 1 unspecified atom stereocenters. The maximum atomic E-state index is 13.8. The predicted molar refractivity (Wildman–Crippen MR) is 102 cm³/mol. The first kappa shape index (κ1) is 20.4. The molecule has 0 saturated heterocycles. The van der Waals surface area contributed by atoms with E-state index >= 15 is 0 Å². The first-order valence-electron chi connectivity index (χ1n) is 8.60. The van der Waals surface area contributed by atoms with Crippen molar-refractivity contribution in [2.24, 2.45) is 4.99 Å². The minimum absolute atomic E-state index is 0.0337. The van der Waals surface area contributed by atoms with E-state index in [2.05, 4.69) is 15.6 Å². The number of guanidine groups is 1. The number of nitrogens with one attached hydrogen (secondary N) is 2. The van der Waals surface area contributed by atoms with Crippen molar-refractivity contribution in [1.82, 2.24) is 15.5 Å². The summed E-state index contributed by atoms with van der Waals surface area (Å²) in [6, 6.07) is 12.9. The van der Waals surface area contributed by atoms with E-state index in [1.54, 1.807) is 14.1 Å². The smallest absolute Gasteiger partial charge is 0.241 e. The van der Waals surface area contributed by atoms with Gasteiger partial charge in [-0.05, 0) is 30.7 Å². The number of carbonyl (C=O) groups is 1. The van der Waals surface area contributed by atoms with E-state index in [4.69, 9.17) is 0 Å². The molecule has 0 spiro atoms. The highest BCUT2D eigenvalue weighted by Gasteiger charge is 2.11. The fourth-order valence-corrected chi connectivity index (χ4v) is 2.33. The number of carbonyl (C=O) groups excluding carboxylic acids is 1. The van der Waals surface area contributed by atoms with Crippen molar-refractivity contribution in [1.29, 1.82) is 0 Å². The summed E-state index contributed by atoms with van der Waals surface area (Å²) in [5, 5.41) is 6.12. The van der Waals surface area contributed by atoms with E-state index in [0.717, 1.165) is 23.8 Å². The van der Waals surface area contributed by atoms with Gasteiger partial charge in [-0.2, -0.15) is 0 Å². The summed E-state index contributed by atoms with van der Waals surface area (Å²) in [5.41, 5.74) is 1.17. The average molecular weight is 374 g/mol. The van der Waals surface area contributed by atoms with Gasteiger partial charge in [0, 0.05) is 19.7 Å². The molecule has 2 N–H and O–H groups in total. The summed E-state index contributed by atoms with van der Waals surface area (Å²) in [7, 11) is 3.31. The molecule has 1 amide bonds. The molecule has 2 aromatic carbocycles. The molecule has 0 saturated carbocycles. The third-order valence-electron chi connectivity index (χ3n) is 3.97. The second-order valence-electron chi connectivity index (χ2n) is 6.32. The Bertz CT molecular complexity index is 794. The summed E-state index contributed by atoms with van der Waals surface area (Å²) in [6.07, 6.45) is 0. The monoisotopic (exact) mass is 374 g/mol. The maximum absolute atomic E-state index is 13.8. The van der Waals surface area contributed by atoms with Crippen LogP contribution in [0.5, 0.6) is 0 Å². The number of rotatable bonds is 6. The van der Waals surface area contributed by atoms with Gasteiger partial charge in [0.2, 0.25) is 5.91 Å². The van der Waals surface area contributed by atoms with Gasteiger partial charge < -0.3 is 15.5 Å². The zero-order valence-corrected chi connectivity index (χ0v) is 15.7. The normalized spacial score (nSPS) is 12.4. The van der Waals surface area contributed by atoms with Gasteiger partial charge in [-0.25, -0.2) is 13.8 Å². The van der Waals surface area contributed by atoms with Crippen LogP contribution in [0, 0.1) is 11.6 Å². The van der Waals surface area contributed by atoms with Gasteiger partial charge in [-0.3, -0.25) is 4.79 Å². The number of nitrogens with zero attached hydrogens (tertiary/aromatic N) is 2. The summed E-state index contributed by atoms with van der Waals surface area (Å²) < 4.78 is 27.2. The van der Waals surface area contributed by atoms with Gasteiger partial charge in [0.1, 0.15) is 11.6 Å². The predicted octanol–water partition coefficient (Wildman–Crippen LogP) is 2.85. The van der Waals surface area contributed by atoms with Crippen LogP contribution in [-0.4, -0.2) is 37.4 Å². The number of benzene rings is 2. The topological polar surface area (TPSA) is 56.7 Å². The molecule has 2 aromatic rings. The van der Waals surface area contributed by atoms with Crippen LogP contribution in [0.3, 0.4) is 0 Å². The minimum Gasteiger partial charge on any atom is -0.350 e. The lowest BCUT2D eigenvalue weighted by atomic mass is 10.1. The van der Waals surface area contributed by atoms with Crippen molar-refractivity contribution in [2.45, 2.75) is 19.5 Å². The van der Waals surface area contributed by atoms with Crippen LogP contribution in [0.4, 0.5) is 8.78 Å². The molecule has 5 nitrogen and oxygen atoms in total. The Balaban J connectivity index is 2.15. The zero-order chi connectivity index (χ0) is 19.8. The Morgan fingerprint density at radius 3 is 2.52 bits per heavy atom. The molecule has 1 atom stereocenters. The van der Waals surface area contributed by atoms with E-state index < -0.39 is 11.6 Å². The first-order chi connectivity index (χ1) is 12.9. The molecule has 0 bridgehead atoms. The van der Waals surface area contributed by atoms with Gasteiger partial charge in [0.05, 0.1) is 19.1 Å². The molecule has 27 heavy (non-hydrogen) atoms. The highest BCUT2D eigenvalue weighted by molar-refractivity contribution is 5.86. The van der Waals surface area contributed by atoms with E-state index in [1.807, 2.05) is 37.3 Å². The third kappa shape index (κ3) is 6.36. The van der Waals surface area contributed by atoms with Crippen molar-refractivity contribution in [3.05, 3.63) is 71.3 Å². The zero-order valence-electron chi connectivity index (χ0n) is 15.7. The largest absolute Gasteiger partial charge is 0.350 e. The molecule has 7 heteroatoms. The number of hydrogen-bond acceptors (Lipinski definition) is 2. The van der Waals surface area contributed by atoms with Crippen LogP contribution in [0.25, 0.3) is 0 Å². The summed E-state index contributed by atoms with van der Waals surface area (Å²) in [5.74, 6) is -0.844. The first-order valence-corrected chi connectivity index (χ1v) is 8.60. The molecule has 0 aliphatic heterocycles. The quantitative estimate of drug-likeness (QED) is 0.604. The number of halogens is 2. The molecule has 2 rings (SSSR count). The SMILES string of the molecule is CC(NC(=NCc1cc(F)ccc1F)NCC(=O)N(C)C)c1ccccc1. The van der Waals surface area contributed by atoms with E-state index in [1.165, 1.54) is 4.90 Å². The van der Waals surface area contributed by atoms with Crippen LogP contribution in [0.15, 0.2) is 53.5 Å². The molecular formula is C20H24F2N4O. The van der Waals surface area contributed by atoms with E-state index in [9.17, 15) is 13.6 Å². The Kier molecular flexibility index (Phi) is 7.28. The Labute approximate surface area is 158 Å². The number of hydrogen-bond donors (Lipinski definition) is 2. The highest BCUT2D eigenvalue weighted by Crippen LogP contribution is 2.12. The molecule has 0 aliphatic rings. The molecular weight excluding hydrogens is 350 g/mol. The van der Waals surface area contributed by atoms with Crippen LogP contribution in [0.1, 0.15) is 24.1 Å². The second-order valence-corrected chi connectivity index (χ2v) is 6.32. The van der Waals surface area contributed by atoms with Crippen molar-refractivity contribution in [2.75, 3.05) is 20.6 Å².